The summed E-state index contributed by atoms with van der Waals surface area (Å²) in [5, 5.41) is 2.73. The van der Waals surface area contributed by atoms with Gasteiger partial charge in [-0.1, -0.05) is 13.8 Å². The summed E-state index contributed by atoms with van der Waals surface area (Å²) in [6.45, 7) is 6.42. The molecule has 7 nitrogen and oxygen atoms in total. The van der Waals surface area contributed by atoms with Crippen LogP contribution in [0.3, 0.4) is 0 Å². The molecule has 1 N–H and O–H groups in total. The third-order valence-electron chi connectivity index (χ3n) is 4.99. The Morgan fingerprint density at radius 2 is 1.66 bits per heavy atom. The molecule has 1 fully saturated rings. The van der Waals surface area contributed by atoms with Crippen LogP contribution in [0.5, 0.6) is 0 Å². The lowest BCUT2D eigenvalue weighted by atomic mass is 10.1. The summed E-state index contributed by atoms with van der Waals surface area (Å²) in [6, 6.07) is 10.0. The topological polar surface area (TPSA) is 82.9 Å². The molecule has 2 heterocycles. The molecular formula is C22H27N3O4. The van der Waals surface area contributed by atoms with Gasteiger partial charge < -0.3 is 19.5 Å². The zero-order chi connectivity index (χ0) is 20.8. The predicted octanol–water partition coefficient (Wildman–Crippen LogP) is 3.25. The number of anilines is 1. The Morgan fingerprint density at radius 3 is 2.24 bits per heavy atom. The summed E-state index contributed by atoms with van der Waals surface area (Å²) in [4.78, 5) is 40.6. The van der Waals surface area contributed by atoms with Crippen LogP contribution in [-0.4, -0.2) is 53.7 Å². The van der Waals surface area contributed by atoms with Crippen LogP contribution in [0.25, 0.3) is 0 Å². The van der Waals surface area contributed by atoms with Gasteiger partial charge in [0.05, 0.1) is 6.26 Å². The van der Waals surface area contributed by atoms with E-state index in [0.29, 0.717) is 49.8 Å². The van der Waals surface area contributed by atoms with E-state index in [1.165, 1.54) is 6.26 Å². The number of nitrogens with one attached hydrogen (secondary N) is 1. The van der Waals surface area contributed by atoms with E-state index < -0.39 is 0 Å². The van der Waals surface area contributed by atoms with Crippen molar-refractivity contribution < 1.29 is 18.8 Å². The fourth-order valence-corrected chi connectivity index (χ4v) is 3.21. The van der Waals surface area contributed by atoms with Crippen LogP contribution in [0, 0.1) is 5.92 Å². The normalized spacial score (nSPS) is 14.2. The van der Waals surface area contributed by atoms with Crippen molar-refractivity contribution in [2.45, 2.75) is 26.7 Å². The summed E-state index contributed by atoms with van der Waals surface area (Å²) >= 11 is 0. The number of piperazine rings is 1. The van der Waals surface area contributed by atoms with Crippen molar-refractivity contribution >= 4 is 23.4 Å². The van der Waals surface area contributed by atoms with Crippen LogP contribution in [0.4, 0.5) is 5.69 Å². The molecule has 154 valence electrons. The van der Waals surface area contributed by atoms with E-state index >= 15 is 0 Å². The first-order chi connectivity index (χ1) is 13.9. The number of furan rings is 1. The number of hydrogen-bond donors (Lipinski definition) is 1. The molecule has 0 atom stereocenters. The highest BCUT2D eigenvalue weighted by molar-refractivity contribution is 6.02. The lowest BCUT2D eigenvalue weighted by Crippen LogP contribution is -2.50. The highest BCUT2D eigenvalue weighted by atomic mass is 16.3. The van der Waals surface area contributed by atoms with Crippen molar-refractivity contribution in [1.82, 2.24) is 9.80 Å². The van der Waals surface area contributed by atoms with Gasteiger partial charge in [-0.3, -0.25) is 14.4 Å². The molecule has 0 radical (unpaired) electrons. The Morgan fingerprint density at radius 1 is 1.00 bits per heavy atom. The highest BCUT2D eigenvalue weighted by Gasteiger charge is 2.24. The van der Waals surface area contributed by atoms with Crippen LogP contribution in [0.2, 0.25) is 0 Å². The van der Waals surface area contributed by atoms with Gasteiger partial charge in [-0.25, -0.2) is 0 Å². The van der Waals surface area contributed by atoms with Crippen molar-refractivity contribution in [3.63, 3.8) is 0 Å². The number of hydrogen-bond acceptors (Lipinski definition) is 4. The minimum Gasteiger partial charge on any atom is -0.459 e. The Hall–Kier alpha value is -3.09. The number of nitrogens with zero attached hydrogens (tertiary/aromatic N) is 2. The number of carbonyl (C=O) groups excluding carboxylic acids is 3. The van der Waals surface area contributed by atoms with Gasteiger partial charge in [0.1, 0.15) is 0 Å². The van der Waals surface area contributed by atoms with Crippen LogP contribution < -0.4 is 5.32 Å². The van der Waals surface area contributed by atoms with Gasteiger partial charge in [0, 0.05) is 43.9 Å². The Kier molecular flexibility index (Phi) is 6.69. The van der Waals surface area contributed by atoms with E-state index in [-0.39, 0.29) is 23.5 Å². The largest absolute Gasteiger partial charge is 0.459 e. The zero-order valence-electron chi connectivity index (χ0n) is 16.9. The monoisotopic (exact) mass is 397 g/mol. The third-order valence-corrected chi connectivity index (χ3v) is 4.99. The minimum atomic E-state index is -0.340. The summed E-state index contributed by atoms with van der Waals surface area (Å²) < 4.78 is 5.06. The lowest BCUT2D eigenvalue weighted by Gasteiger charge is -2.35. The average Bonchev–Trinajstić information content (AvgIpc) is 3.27. The molecule has 0 bridgehead atoms. The SMILES string of the molecule is CC(C)CCC(=O)N1CCN(C(=O)c2ccc(NC(=O)c3ccco3)cc2)CC1. The van der Waals surface area contributed by atoms with Gasteiger partial charge in [-0.05, 0) is 48.7 Å². The van der Waals surface area contributed by atoms with Crippen molar-refractivity contribution in [3.05, 3.63) is 54.0 Å². The zero-order valence-corrected chi connectivity index (χ0v) is 16.9. The van der Waals surface area contributed by atoms with Crippen LogP contribution in [0.15, 0.2) is 47.1 Å². The molecule has 0 unspecified atom stereocenters. The third kappa shape index (κ3) is 5.47. The second-order valence-corrected chi connectivity index (χ2v) is 7.61. The van der Waals surface area contributed by atoms with Crippen LogP contribution in [-0.2, 0) is 4.79 Å². The molecule has 1 aliphatic heterocycles. The maximum Gasteiger partial charge on any atom is 0.291 e. The average molecular weight is 397 g/mol. The van der Waals surface area contributed by atoms with Gasteiger partial charge in [0.15, 0.2) is 5.76 Å². The van der Waals surface area contributed by atoms with Crippen molar-refractivity contribution in [1.29, 1.82) is 0 Å². The molecule has 3 rings (SSSR count). The number of amides is 3. The van der Waals surface area contributed by atoms with Crippen LogP contribution >= 0.6 is 0 Å². The van der Waals surface area contributed by atoms with Crippen molar-refractivity contribution in [2.24, 2.45) is 5.92 Å². The molecular weight excluding hydrogens is 370 g/mol. The molecule has 3 amide bonds. The Balaban J connectivity index is 1.51. The molecule has 1 aliphatic rings. The molecule has 0 aliphatic carbocycles. The minimum absolute atomic E-state index is 0.0665. The van der Waals surface area contributed by atoms with Gasteiger partial charge in [0.2, 0.25) is 5.91 Å². The van der Waals surface area contributed by atoms with E-state index in [0.717, 1.165) is 6.42 Å². The molecule has 1 aromatic carbocycles. The highest BCUT2D eigenvalue weighted by Crippen LogP contribution is 2.15. The molecule has 0 saturated carbocycles. The molecule has 29 heavy (non-hydrogen) atoms. The smallest absolute Gasteiger partial charge is 0.291 e. The fraction of sp³-hybridized carbons (Fsp3) is 0.409. The summed E-state index contributed by atoms with van der Waals surface area (Å²) in [5.74, 6) is 0.498. The molecule has 1 aromatic heterocycles. The Labute approximate surface area is 170 Å². The first kappa shape index (κ1) is 20.6. The van der Waals surface area contributed by atoms with E-state index in [1.54, 1.807) is 41.3 Å². The second kappa shape index (κ2) is 9.41. The molecule has 2 aromatic rings. The Bertz CT molecular complexity index is 835. The second-order valence-electron chi connectivity index (χ2n) is 7.61. The number of benzene rings is 1. The van der Waals surface area contributed by atoms with Gasteiger partial charge >= 0.3 is 0 Å². The number of carbonyl (C=O) groups is 3. The maximum absolute atomic E-state index is 12.7. The van der Waals surface area contributed by atoms with E-state index in [9.17, 15) is 14.4 Å². The van der Waals surface area contributed by atoms with Gasteiger partial charge in [0.25, 0.3) is 11.8 Å². The quantitative estimate of drug-likeness (QED) is 0.811. The first-order valence-corrected chi connectivity index (χ1v) is 9.96. The van der Waals surface area contributed by atoms with Crippen LogP contribution in [0.1, 0.15) is 47.6 Å². The summed E-state index contributed by atoms with van der Waals surface area (Å²) in [6.07, 6.45) is 2.89. The number of rotatable bonds is 6. The summed E-state index contributed by atoms with van der Waals surface area (Å²) in [5.41, 5.74) is 1.14. The standard InChI is InChI=1S/C22H27N3O4/c1-16(2)5-10-20(26)24-11-13-25(14-12-24)22(28)17-6-8-18(9-7-17)23-21(27)19-4-3-15-29-19/h3-4,6-9,15-16H,5,10-14H2,1-2H3,(H,23,27). The van der Waals surface area contributed by atoms with Gasteiger partial charge in [-0.15, -0.1) is 0 Å². The molecule has 7 heteroatoms. The first-order valence-electron chi connectivity index (χ1n) is 9.96. The van der Waals surface area contributed by atoms with E-state index in [4.69, 9.17) is 4.42 Å². The maximum atomic E-state index is 12.7. The van der Waals surface area contributed by atoms with E-state index in [2.05, 4.69) is 19.2 Å². The predicted molar refractivity (Wildman–Crippen MR) is 110 cm³/mol. The van der Waals surface area contributed by atoms with Crippen molar-refractivity contribution in [2.75, 3.05) is 31.5 Å². The van der Waals surface area contributed by atoms with Gasteiger partial charge in [-0.2, -0.15) is 0 Å². The molecule has 1 saturated heterocycles. The fourth-order valence-electron chi connectivity index (χ4n) is 3.21. The molecule has 0 spiro atoms. The summed E-state index contributed by atoms with van der Waals surface area (Å²) in [7, 11) is 0. The lowest BCUT2D eigenvalue weighted by molar-refractivity contribution is -0.132. The van der Waals surface area contributed by atoms with Crippen molar-refractivity contribution in [3.8, 4) is 0 Å². The van der Waals surface area contributed by atoms with E-state index in [1.807, 2.05) is 4.90 Å².